The smallest absolute Gasteiger partial charge is 0.331 e. The van der Waals surface area contributed by atoms with Crippen molar-refractivity contribution < 1.29 is 14.3 Å². The van der Waals surface area contributed by atoms with E-state index in [1.165, 1.54) is 6.92 Å². The van der Waals surface area contributed by atoms with Crippen molar-refractivity contribution in [2.75, 3.05) is 0 Å². The predicted molar refractivity (Wildman–Crippen MR) is 87.9 cm³/mol. The summed E-state index contributed by atoms with van der Waals surface area (Å²) in [7, 11) is 0. The molecule has 1 aromatic heterocycles. The molecule has 3 rings (SSSR count). The summed E-state index contributed by atoms with van der Waals surface area (Å²) in [6, 6.07) is 7.67. The molecule has 2 N–H and O–H groups in total. The number of aromatic amines is 1. The SMILES string of the molecule is CC(=O)OC(=O)C1Cc2c([nH]c3ccccc23)C(CC(C)C)N1. The lowest BCUT2D eigenvalue weighted by molar-refractivity contribution is -0.159. The van der Waals surface area contributed by atoms with Crippen molar-refractivity contribution in [3.63, 3.8) is 0 Å². The Morgan fingerprint density at radius 3 is 2.74 bits per heavy atom. The van der Waals surface area contributed by atoms with Crippen LogP contribution in [0.1, 0.15) is 44.5 Å². The van der Waals surface area contributed by atoms with E-state index >= 15 is 0 Å². The van der Waals surface area contributed by atoms with Crippen molar-refractivity contribution in [3.8, 4) is 0 Å². The lowest BCUT2D eigenvalue weighted by atomic mass is 9.90. The predicted octanol–water partition coefficient (Wildman–Crippen LogP) is 2.86. The van der Waals surface area contributed by atoms with Gasteiger partial charge >= 0.3 is 11.9 Å². The molecule has 0 saturated carbocycles. The summed E-state index contributed by atoms with van der Waals surface area (Å²) in [4.78, 5) is 26.8. The number of H-pyrrole nitrogens is 1. The molecular formula is C18H22N2O3. The maximum absolute atomic E-state index is 12.2. The van der Waals surface area contributed by atoms with E-state index in [1.54, 1.807) is 0 Å². The first-order valence-corrected chi connectivity index (χ1v) is 8.03. The van der Waals surface area contributed by atoms with E-state index < -0.39 is 18.0 Å². The van der Waals surface area contributed by atoms with Crippen LogP contribution in [0.25, 0.3) is 10.9 Å². The molecule has 1 aliphatic heterocycles. The number of rotatable bonds is 3. The van der Waals surface area contributed by atoms with Gasteiger partial charge in [0.2, 0.25) is 0 Å². The lowest BCUT2D eigenvalue weighted by Gasteiger charge is -2.31. The molecule has 2 aromatic rings. The molecule has 2 unspecified atom stereocenters. The van der Waals surface area contributed by atoms with Crippen molar-refractivity contribution in [2.45, 2.75) is 45.7 Å². The minimum Gasteiger partial charge on any atom is -0.392 e. The van der Waals surface area contributed by atoms with Crippen molar-refractivity contribution >= 4 is 22.8 Å². The number of hydrogen-bond donors (Lipinski definition) is 2. The molecule has 0 saturated heterocycles. The van der Waals surface area contributed by atoms with Gasteiger partial charge in [0, 0.05) is 36.0 Å². The minimum absolute atomic E-state index is 0.0515. The number of ether oxygens (including phenoxy) is 1. The normalized spacial score (nSPS) is 20.5. The maximum atomic E-state index is 12.2. The second-order valence-electron chi connectivity index (χ2n) is 6.58. The Bertz CT molecular complexity index is 748. The number of esters is 2. The molecule has 122 valence electrons. The molecule has 0 fully saturated rings. The summed E-state index contributed by atoms with van der Waals surface area (Å²) in [5, 5.41) is 4.49. The summed E-state index contributed by atoms with van der Waals surface area (Å²) in [5.74, 6) is -0.585. The Kier molecular flexibility index (Phi) is 4.22. The highest BCUT2D eigenvalue weighted by Crippen LogP contribution is 2.34. The van der Waals surface area contributed by atoms with Gasteiger partial charge in [0.15, 0.2) is 0 Å². The molecule has 0 bridgehead atoms. The maximum Gasteiger partial charge on any atom is 0.331 e. The number of benzene rings is 1. The fraction of sp³-hybridized carbons (Fsp3) is 0.444. The molecule has 5 nitrogen and oxygen atoms in total. The quantitative estimate of drug-likeness (QED) is 0.675. The van der Waals surface area contributed by atoms with Gasteiger partial charge in [0.1, 0.15) is 6.04 Å². The number of carbonyl (C=O) groups excluding carboxylic acids is 2. The van der Waals surface area contributed by atoms with Crippen molar-refractivity contribution in [3.05, 3.63) is 35.5 Å². The number of fused-ring (bicyclic) bond motifs is 3. The van der Waals surface area contributed by atoms with Gasteiger partial charge in [0.05, 0.1) is 0 Å². The Hall–Kier alpha value is -2.14. The largest absolute Gasteiger partial charge is 0.392 e. The molecule has 0 aliphatic carbocycles. The summed E-state index contributed by atoms with van der Waals surface area (Å²) in [6.07, 6.45) is 1.43. The van der Waals surface area contributed by atoms with E-state index in [2.05, 4.69) is 30.2 Å². The third-order valence-corrected chi connectivity index (χ3v) is 4.24. The van der Waals surface area contributed by atoms with Gasteiger partial charge in [-0.2, -0.15) is 0 Å². The van der Waals surface area contributed by atoms with Gasteiger partial charge in [0.25, 0.3) is 0 Å². The van der Waals surface area contributed by atoms with Gasteiger partial charge in [-0.3, -0.25) is 10.1 Å². The van der Waals surface area contributed by atoms with Gasteiger partial charge in [-0.25, -0.2) is 4.79 Å². The molecule has 2 heterocycles. The number of hydrogen-bond acceptors (Lipinski definition) is 4. The highest BCUT2D eigenvalue weighted by Gasteiger charge is 2.34. The molecule has 1 aromatic carbocycles. The monoisotopic (exact) mass is 314 g/mol. The first-order chi connectivity index (χ1) is 11.0. The van der Waals surface area contributed by atoms with Crippen LogP contribution in [0.4, 0.5) is 0 Å². The van der Waals surface area contributed by atoms with Crippen LogP contribution in [-0.2, 0) is 20.7 Å². The van der Waals surface area contributed by atoms with Gasteiger partial charge < -0.3 is 9.72 Å². The zero-order valence-electron chi connectivity index (χ0n) is 13.7. The van der Waals surface area contributed by atoms with E-state index in [0.717, 1.165) is 28.6 Å². The van der Waals surface area contributed by atoms with E-state index in [4.69, 9.17) is 4.74 Å². The van der Waals surface area contributed by atoms with Crippen LogP contribution in [-0.4, -0.2) is 23.0 Å². The third kappa shape index (κ3) is 3.15. The molecule has 1 aliphatic rings. The first-order valence-electron chi connectivity index (χ1n) is 8.03. The first kappa shape index (κ1) is 15.7. The van der Waals surface area contributed by atoms with Crippen LogP contribution in [0, 0.1) is 5.92 Å². The fourth-order valence-corrected chi connectivity index (χ4v) is 3.35. The van der Waals surface area contributed by atoms with Gasteiger partial charge in [-0.1, -0.05) is 32.0 Å². The second kappa shape index (κ2) is 6.16. The van der Waals surface area contributed by atoms with Crippen LogP contribution in [0.15, 0.2) is 24.3 Å². The van der Waals surface area contributed by atoms with E-state index in [0.29, 0.717) is 12.3 Å². The molecule has 0 amide bonds. The highest BCUT2D eigenvalue weighted by molar-refractivity contribution is 5.90. The van der Waals surface area contributed by atoms with Crippen LogP contribution in [0.2, 0.25) is 0 Å². The van der Waals surface area contributed by atoms with Crippen molar-refractivity contribution in [1.29, 1.82) is 0 Å². The van der Waals surface area contributed by atoms with E-state index in [9.17, 15) is 9.59 Å². The molecule has 23 heavy (non-hydrogen) atoms. The Labute approximate surface area is 135 Å². The molecule has 0 radical (unpaired) electrons. The van der Waals surface area contributed by atoms with Crippen LogP contribution < -0.4 is 5.32 Å². The minimum atomic E-state index is -0.568. The average molecular weight is 314 g/mol. The Morgan fingerprint density at radius 1 is 1.30 bits per heavy atom. The fourth-order valence-electron chi connectivity index (χ4n) is 3.35. The summed E-state index contributed by atoms with van der Waals surface area (Å²) < 4.78 is 4.80. The van der Waals surface area contributed by atoms with Crippen LogP contribution in [0.5, 0.6) is 0 Å². The van der Waals surface area contributed by atoms with Gasteiger partial charge in [-0.15, -0.1) is 0 Å². The van der Waals surface area contributed by atoms with Gasteiger partial charge in [-0.05, 0) is 24.0 Å². The summed E-state index contributed by atoms with van der Waals surface area (Å²) in [6.45, 7) is 5.56. The van der Waals surface area contributed by atoms with E-state index in [-0.39, 0.29) is 6.04 Å². The Balaban J connectivity index is 1.99. The number of carbonyl (C=O) groups is 2. The zero-order chi connectivity index (χ0) is 16.6. The third-order valence-electron chi connectivity index (χ3n) is 4.24. The number of aromatic nitrogens is 1. The highest BCUT2D eigenvalue weighted by atomic mass is 16.6. The van der Waals surface area contributed by atoms with Crippen LogP contribution >= 0.6 is 0 Å². The molecular weight excluding hydrogens is 292 g/mol. The molecule has 0 spiro atoms. The van der Waals surface area contributed by atoms with Crippen LogP contribution in [0.3, 0.4) is 0 Å². The second-order valence-corrected chi connectivity index (χ2v) is 6.58. The molecule has 2 atom stereocenters. The summed E-state index contributed by atoms with van der Waals surface area (Å²) in [5.41, 5.74) is 3.37. The lowest BCUT2D eigenvalue weighted by Crippen LogP contribution is -2.46. The van der Waals surface area contributed by atoms with E-state index in [1.807, 2.05) is 18.2 Å². The molecule has 5 heteroatoms. The average Bonchev–Trinajstić information content (AvgIpc) is 2.85. The topological polar surface area (TPSA) is 71.2 Å². The standard InChI is InChI=1S/C18H22N2O3/c1-10(2)8-15-17-13(12-6-4-5-7-14(12)20-17)9-16(19-15)18(22)23-11(3)21/h4-7,10,15-16,19-20H,8-9H2,1-3H3. The van der Waals surface area contributed by atoms with Crippen molar-refractivity contribution in [1.82, 2.24) is 10.3 Å². The summed E-state index contributed by atoms with van der Waals surface area (Å²) >= 11 is 0. The zero-order valence-corrected chi connectivity index (χ0v) is 13.7. The Morgan fingerprint density at radius 2 is 2.04 bits per heavy atom. The number of nitrogens with one attached hydrogen (secondary N) is 2. The van der Waals surface area contributed by atoms with Crippen molar-refractivity contribution in [2.24, 2.45) is 5.92 Å². The number of para-hydroxylation sites is 1.